The molecule has 0 saturated carbocycles. The lowest BCUT2D eigenvalue weighted by Gasteiger charge is -2.41. The van der Waals surface area contributed by atoms with Gasteiger partial charge in [0.1, 0.15) is 11.5 Å². The fraction of sp³-hybridized carbons (Fsp3) is 0.583. The Morgan fingerprint density at radius 2 is 1.95 bits per heavy atom. The van der Waals surface area contributed by atoms with E-state index in [2.05, 4.69) is 10.3 Å². The van der Waals surface area contributed by atoms with Gasteiger partial charge in [0.15, 0.2) is 5.72 Å². The van der Waals surface area contributed by atoms with Gasteiger partial charge < -0.3 is 10.4 Å². The predicted octanol–water partition coefficient (Wildman–Crippen LogP) is 1.22. The molecule has 1 unspecified atom stereocenters. The number of halogens is 4. The monoisotopic (exact) mass is 293 g/mol. The van der Waals surface area contributed by atoms with E-state index in [9.17, 15) is 22.7 Å². The molecule has 112 valence electrons. The number of alkyl halides is 3. The first-order valence-electron chi connectivity index (χ1n) is 6.19. The third-order valence-corrected chi connectivity index (χ3v) is 3.22. The molecule has 4 nitrogen and oxygen atoms in total. The van der Waals surface area contributed by atoms with E-state index < -0.39 is 29.8 Å². The lowest BCUT2D eigenvalue weighted by Crippen LogP contribution is -2.56. The summed E-state index contributed by atoms with van der Waals surface area (Å²) in [5, 5.41) is 13.5. The van der Waals surface area contributed by atoms with Gasteiger partial charge in [0.2, 0.25) is 0 Å². The summed E-state index contributed by atoms with van der Waals surface area (Å²) in [5.41, 5.74) is -3.06. The molecule has 1 aromatic rings. The number of aromatic nitrogens is 1. The van der Waals surface area contributed by atoms with Gasteiger partial charge in [0.05, 0.1) is 6.42 Å². The number of rotatable bonds is 3. The molecule has 0 aromatic carbocycles. The van der Waals surface area contributed by atoms with Crippen molar-refractivity contribution >= 4 is 0 Å². The number of hydrogen-bond acceptors (Lipinski definition) is 4. The number of nitrogens with one attached hydrogen (secondary N) is 1. The Hall–Kier alpha value is -1.25. The smallest absolute Gasteiger partial charge is 0.369 e. The van der Waals surface area contributed by atoms with Crippen molar-refractivity contribution in [1.29, 1.82) is 0 Å². The lowest BCUT2D eigenvalue weighted by atomic mass is 10.0. The van der Waals surface area contributed by atoms with Gasteiger partial charge in [-0.05, 0) is 12.1 Å². The van der Waals surface area contributed by atoms with Crippen LogP contribution in [0.15, 0.2) is 18.3 Å². The van der Waals surface area contributed by atoms with E-state index in [1.54, 1.807) is 0 Å². The molecule has 1 fully saturated rings. The van der Waals surface area contributed by atoms with Crippen LogP contribution in [0.2, 0.25) is 0 Å². The maximum Gasteiger partial charge on any atom is 0.393 e. The van der Waals surface area contributed by atoms with Crippen molar-refractivity contribution in [1.82, 2.24) is 15.2 Å². The molecule has 0 aliphatic carbocycles. The summed E-state index contributed by atoms with van der Waals surface area (Å²) < 4.78 is 52.1. The number of pyridine rings is 1. The summed E-state index contributed by atoms with van der Waals surface area (Å²) in [6.07, 6.45) is -5.03. The summed E-state index contributed by atoms with van der Waals surface area (Å²) in [4.78, 5) is 4.83. The van der Waals surface area contributed by atoms with Crippen LogP contribution >= 0.6 is 0 Å². The van der Waals surface area contributed by atoms with Gasteiger partial charge in [-0.3, -0.25) is 9.88 Å². The zero-order valence-corrected chi connectivity index (χ0v) is 10.6. The Balaban J connectivity index is 2.40. The average Bonchev–Trinajstić information content (AvgIpc) is 2.38. The van der Waals surface area contributed by atoms with E-state index in [1.165, 1.54) is 17.2 Å². The zero-order valence-electron chi connectivity index (χ0n) is 10.6. The Morgan fingerprint density at radius 3 is 2.50 bits per heavy atom. The third-order valence-electron chi connectivity index (χ3n) is 3.22. The van der Waals surface area contributed by atoms with Crippen LogP contribution in [0, 0.1) is 5.82 Å². The largest absolute Gasteiger partial charge is 0.393 e. The molecule has 2 rings (SSSR count). The second kappa shape index (κ2) is 5.63. The normalized spacial score (nSPS) is 20.6. The van der Waals surface area contributed by atoms with Gasteiger partial charge in [-0.15, -0.1) is 0 Å². The van der Waals surface area contributed by atoms with E-state index >= 15 is 0 Å². The molecule has 0 bridgehead atoms. The maximum absolute atomic E-state index is 13.8. The fourth-order valence-electron chi connectivity index (χ4n) is 2.34. The summed E-state index contributed by atoms with van der Waals surface area (Å²) in [5.74, 6) is -0.946. The van der Waals surface area contributed by atoms with Crippen LogP contribution in [0.5, 0.6) is 0 Å². The molecule has 20 heavy (non-hydrogen) atoms. The quantitative estimate of drug-likeness (QED) is 0.823. The first-order chi connectivity index (χ1) is 9.33. The van der Waals surface area contributed by atoms with Gasteiger partial charge in [0.25, 0.3) is 0 Å². The standard InChI is InChI=1S/C12H15F4N3O/c13-9-2-1-3-18-10(9)11(20,8-12(14,15)16)19-6-4-17-5-7-19/h1-3,17,20H,4-8H2. The van der Waals surface area contributed by atoms with Gasteiger partial charge >= 0.3 is 6.18 Å². The molecular formula is C12H15F4N3O. The van der Waals surface area contributed by atoms with E-state index in [0.717, 1.165) is 6.07 Å². The summed E-state index contributed by atoms with van der Waals surface area (Å²) >= 11 is 0. The van der Waals surface area contributed by atoms with Crippen LogP contribution < -0.4 is 5.32 Å². The molecule has 1 aliphatic heterocycles. The van der Waals surface area contributed by atoms with Crippen molar-refractivity contribution in [3.8, 4) is 0 Å². The highest BCUT2D eigenvalue weighted by Crippen LogP contribution is 2.37. The van der Waals surface area contributed by atoms with Crippen molar-refractivity contribution in [2.45, 2.75) is 18.3 Å². The van der Waals surface area contributed by atoms with Crippen molar-refractivity contribution in [3.05, 3.63) is 29.8 Å². The Morgan fingerprint density at radius 1 is 1.30 bits per heavy atom. The van der Waals surface area contributed by atoms with E-state index in [1.807, 2.05) is 0 Å². The first kappa shape index (κ1) is 15.1. The fourth-order valence-corrected chi connectivity index (χ4v) is 2.34. The van der Waals surface area contributed by atoms with Crippen molar-refractivity contribution in [2.75, 3.05) is 26.2 Å². The van der Waals surface area contributed by atoms with E-state index in [4.69, 9.17) is 0 Å². The lowest BCUT2D eigenvalue weighted by molar-refractivity contribution is -0.226. The van der Waals surface area contributed by atoms with E-state index in [-0.39, 0.29) is 13.1 Å². The van der Waals surface area contributed by atoms with Crippen LogP contribution in [0.25, 0.3) is 0 Å². The highest BCUT2D eigenvalue weighted by molar-refractivity contribution is 5.16. The SMILES string of the molecule is OC(CC(F)(F)F)(c1ncccc1F)N1CCNCC1. The topological polar surface area (TPSA) is 48.4 Å². The minimum Gasteiger partial charge on any atom is -0.369 e. The van der Waals surface area contributed by atoms with Crippen LogP contribution in [-0.4, -0.2) is 47.3 Å². The molecule has 2 heterocycles. The van der Waals surface area contributed by atoms with Crippen LogP contribution in [0.4, 0.5) is 17.6 Å². The molecule has 1 aromatic heterocycles. The second-order valence-electron chi connectivity index (χ2n) is 4.68. The van der Waals surface area contributed by atoms with Crippen molar-refractivity contribution in [3.63, 3.8) is 0 Å². The zero-order chi connectivity index (χ0) is 14.8. The Bertz CT molecular complexity index is 462. The van der Waals surface area contributed by atoms with Crippen molar-refractivity contribution < 1.29 is 22.7 Å². The number of hydrogen-bond donors (Lipinski definition) is 2. The molecule has 1 aliphatic rings. The van der Waals surface area contributed by atoms with Crippen molar-refractivity contribution in [2.24, 2.45) is 0 Å². The molecule has 2 N–H and O–H groups in total. The summed E-state index contributed by atoms with van der Waals surface area (Å²) in [7, 11) is 0. The molecular weight excluding hydrogens is 278 g/mol. The second-order valence-corrected chi connectivity index (χ2v) is 4.68. The Kier molecular flexibility index (Phi) is 4.26. The van der Waals surface area contributed by atoms with Crippen LogP contribution in [-0.2, 0) is 5.72 Å². The number of aliphatic hydroxyl groups is 1. The van der Waals surface area contributed by atoms with Gasteiger partial charge in [0, 0.05) is 32.4 Å². The van der Waals surface area contributed by atoms with Crippen LogP contribution in [0.1, 0.15) is 12.1 Å². The van der Waals surface area contributed by atoms with E-state index in [0.29, 0.717) is 13.1 Å². The summed E-state index contributed by atoms with van der Waals surface area (Å²) in [6.45, 7) is 1.22. The molecule has 1 saturated heterocycles. The first-order valence-corrected chi connectivity index (χ1v) is 6.19. The molecule has 8 heteroatoms. The van der Waals surface area contributed by atoms with Gasteiger partial charge in [-0.25, -0.2) is 4.39 Å². The highest BCUT2D eigenvalue weighted by Gasteiger charge is 2.48. The predicted molar refractivity (Wildman–Crippen MR) is 63.2 cm³/mol. The highest BCUT2D eigenvalue weighted by atomic mass is 19.4. The van der Waals surface area contributed by atoms with Crippen LogP contribution in [0.3, 0.4) is 0 Å². The number of piperazine rings is 1. The Labute approximate surface area is 113 Å². The summed E-state index contributed by atoms with van der Waals surface area (Å²) in [6, 6.07) is 2.26. The minimum absolute atomic E-state index is 0.183. The van der Waals surface area contributed by atoms with Gasteiger partial charge in [-0.1, -0.05) is 0 Å². The average molecular weight is 293 g/mol. The minimum atomic E-state index is -4.64. The van der Waals surface area contributed by atoms with Gasteiger partial charge in [-0.2, -0.15) is 13.2 Å². The molecule has 0 spiro atoms. The molecule has 1 atom stereocenters. The maximum atomic E-state index is 13.8. The number of nitrogens with zero attached hydrogens (tertiary/aromatic N) is 2. The third kappa shape index (κ3) is 3.25. The molecule has 0 amide bonds. The molecule has 0 radical (unpaired) electrons.